The minimum Gasteiger partial charge on any atom is -0.462 e. The molecule has 0 saturated carbocycles. The number of hydrogen-bond donors (Lipinski definition) is 1. The second kappa shape index (κ2) is 10.8. The number of benzene rings is 1. The van der Waals surface area contributed by atoms with Crippen molar-refractivity contribution in [3.63, 3.8) is 0 Å². The smallest absolute Gasteiger partial charge is 0.362 e. The first kappa shape index (κ1) is 24.7. The van der Waals surface area contributed by atoms with E-state index in [1.54, 1.807) is 13.8 Å². The van der Waals surface area contributed by atoms with Crippen LogP contribution in [0.4, 0.5) is 5.00 Å². The molecule has 1 aliphatic rings. The molecule has 1 amide bonds. The molecule has 11 nitrogen and oxygen atoms in total. The van der Waals surface area contributed by atoms with Crippen molar-refractivity contribution < 1.29 is 32.3 Å². The number of nitrogens with one attached hydrogen (secondary N) is 1. The number of nitrogens with zero attached hydrogens (tertiary/aromatic N) is 3. The molecular weight excluding hydrogens is 472 g/mol. The van der Waals surface area contributed by atoms with Crippen LogP contribution in [0.5, 0.6) is 0 Å². The van der Waals surface area contributed by atoms with Crippen molar-refractivity contribution in [3.8, 4) is 0 Å². The quantitative estimate of drug-likeness (QED) is 0.542. The number of aromatic nitrogens is 2. The second-order valence-corrected chi connectivity index (χ2v) is 9.78. The number of hydrogen-bond acceptors (Lipinski definition) is 10. The van der Waals surface area contributed by atoms with Crippen molar-refractivity contribution in [1.29, 1.82) is 0 Å². The molecule has 0 bridgehead atoms. The van der Waals surface area contributed by atoms with Crippen LogP contribution < -0.4 is 5.32 Å². The lowest BCUT2D eigenvalue weighted by Gasteiger charge is -2.30. The Bertz CT molecular complexity index is 1110. The molecule has 0 aliphatic carbocycles. The summed E-state index contributed by atoms with van der Waals surface area (Å²) in [4.78, 5) is 36.4. The number of rotatable bonds is 8. The lowest BCUT2D eigenvalue weighted by Crippen LogP contribution is -2.41. The van der Waals surface area contributed by atoms with Gasteiger partial charge in [-0.25, -0.2) is 18.0 Å². The molecule has 1 aromatic carbocycles. The van der Waals surface area contributed by atoms with Crippen molar-refractivity contribution in [2.75, 3.05) is 31.6 Å². The van der Waals surface area contributed by atoms with E-state index in [0.29, 0.717) is 12.8 Å². The molecule has 13 heteroatoms. The molecule has 1 N–H and O–H groups in total. The van der Waals surface area contributed by atoms with Gasteiger partial charge < -0.3 is 14.8 Å². The predicted octanol–water partition coefficient (Wildman–Crippen LogP) is 1.93. The van der Waals surface area contributed by atoms with Gasteiger partial charge in [-0.2, -0.15) is 4.31 Å². The summed E-state index contributed by atoms with van der Waals surface area (Å²) >= 11 is 0.871. The first-order valence-electron chi connectivity index (χ1n) is 10.4. The summed E-state index contributed by atoms with van der Waals surface area (Å²) in [5.74, 6) is -1.95. The summed E-state index contributed by atoms with van der Waals surface area (Å²) in [5.41, 5.74) is 0.215. The summed E-state index contributed by atoms with van der Waals surface area (Å²) in [6, 6.07) is 5.56. The van der Waals surface area contributed by atoms with Gasteiger partial charge in [-0.05, 0) is 51.0 Å². The Labute approximate surface area is 195 Å². The van der Waals surface area contributed by atoms with Gasteiger partial charge >= 0.3 is 11.9 Å². The fraction of sp³-hybridized carbons (Fsp3) is 0.450. The summed E-state index contributed by atoms with van der Waals surface area (Å²) < 4.78 is 40.7. The van der Waals surface area contributed by atoms with Gasteiger partial charge in [-0.15, -0.1) is 5.10 Å². The monoisotopic (exact) mass is 496 g/mol. The highest BCUT2D eigenvalue weighted by molar-refractivity contribution is 7.89. The minimum absolute atomic E-state index is 0.0542. The molecule has 0 unspecified atom stereocenters. The third-order valence-corrected chi connectivity index (χ3v) is 7.58. The van der Waals surface area contributed by atoms with Crippen molar-refractivity contribution in [1.82, 2.24) is 13.9 Å². The highest BCUT2D eigenvalue weighted by atomic mass is 32.2. The van der Waals surface area contributed by atoms with Crippen LogP contribution in [0.15, 0.2) is 29.2 Å². The third-order valence-electron chi connectivity index (χ3n) is 5.02. The highest BCUT2D eigenvalue weighted by Gasteiger charge is 2.33. The average molecular weight is 497 g/mol. The normalized spacial score (nSPS) is 15.1. The zero-order valence-corrected chi connectivity index (χ0v) is 19.8. The molecular formula is C20H24N4O7S2. The van der Waals surface area contributed by atoms with Crippen LogP contribution in [0.25, 0.3) is 0 Å². The topological polar surface area (TPSA) is 145 Å². The standard InChI is InChI=1S/C20H24N4O7S2/c1-3-30-19(26)14-5-7-15(8-6-14)33(28,29)24-11-9-13(10-12-24)17(25)21-18-16(22-23-32-18)20(27)31-4-2/h5-8,13H,3-4,9-12H2,1-2H3,(H,21,25). The molecule has 1 fully saturated rings. The Morgan fingerprint density at radius 1 is 1.06 bits per heavy atom. The molecule has 3 rings (SSSR count). The second-order valence-electron chi connectivity index (χ2n) is 7.08. The zero-order valence-electron chi connectivity index (χ0n) is 18.1. The van der Waals surface area contributed by atoms with Crippen LogP contribution in [0.2, 0.25) is 0 Å². The fourth-order valence-electron chi connectivity index (χ4n) is 3.30. The maximum atomic E-state index is 13.0. The van der Waals surface area contributed by atoms with Gasteiger partial charge in [0.05, 0.1) is 23.7 Å². The van der Waals surface area contributed by atoms with Gasteiger partial charge in [-0.1, -0.05) is 4.49 Å². The molecule has 0 spiro atoms. The maximum absolute atomic E-state index is 13.0. The van der Waals surface area contributed by atoms with Gasteiger partial charge in [0, 0.05) is 30.5 Å². The molecule has 0 atom stereocenters. The Kier molecular flexibility index (Phi) is 8.10. The summed E-state index contributed by atoms with van der Waals surface area (Å²) in [6.07, 6.45) is 0.625. The highest BCUT2D eigenvalue weighted by Crippen LogP contribution is 2.26. The van der Waals surface area contributed by atoms with Crippen LogP contribution in [-0.4, -0.2) is 66.5 Å². The third kappa shape index (κ3) is 5.72. The Hall–Kier alpha value is -2.90. The van der Waals surface area contributed by atoms with Crippen molar-refractivity contribution in [2.24, 2.45) is 5.92 Å². The number of esters is 2. The summed E-state index contributed by atoms with van der Waals surface area (Å²) in [7, 11) is -3.77. The predicted molar refractivity (Wildman–Crippen MR) is 118 cm³/mol. The first-order chi connectivity index (χ1) is 15.8. The summed E-state index contributed by atoms with van der Waals surface area (Å²) in [6.45, 7) is 4.06. The maximum Gasteiger partial charge on any atom is 0.362 e. The number of anilines is 1. The first-order valence-corrected chi connectivity index (χ1v) is 12.6. The minimum atomic E-state index is -3.77. The summed E-state index contributed by atoms with van der Waals surface area (Å²) in [5, 5.41) is 6.56. The van der Waals surface area contributed by atoms with Crippen molar-refractivity contribution >= 4 is 44.4 Å². The molecule has 1 aliphatic heterocycles. The number of amides is 1. The average Bonchev–Trinajstić information content (AvgIpc) is 3.28. The lowest BCUT2D eigenvalue weighted by atomic mass is 9.97. The van der Waals surface area contributed by atoms with Gasteiger partial charge in [0.25, 0.3) is 0 Å². The molecule has 1 saturated heterocycles. The van der Waals surface area contributed by atoms with Crippen LogP contribution in [0.1, 0.15) is 47.5 Å². The largest absolute Gasteiger partial charge is 0.462 e. The van der Waals surface area contributed by atoms with Crippen molar-refractivity contribution in [3.05, 3.63) is 35.5 Å². The number of ether oxygens (including phenoxy) is 2. The number of carbonyl (C=O) groups excluding carboxylic acids is 3. The Balaban J connectivity index is 1.60. The Morgan fingerprint density at radius 3 is 2.27 bits per heavy atom. The van der Waals surface area contributed by atoms with E-state index >= 15 is 0 Å². The molecule has 1 aromatic heterocycles. The molecule has 2 aromatic rings. The van der Waals surface area contributed by atoms with E-state index in [0.717, 1.165) is 11.5 Å². The molecule has 178 valence electrons. The van der Waals surface area contributed by atoms with Gasteiger partial charge in [0.2, 0.25) is 21.6 Å². The SMILES string of the molecule is CCOC(=O)c1ccc(S(=O)(=O)N2CCC(C(=O)Nc3snnc3C(=O)OCC)CC2)cc1. The van der Waals surface area contributed by atoms with Crippen LogP contribution in [-0.2, 0) is 24.3 Å². The van der Waals surface area contributed by atoms with E-state index < -0.39 is 27.9 Å². The van der Waals surface area contributed by atoms with Crippen LogP contribution >= 0.6 is 11.5 Å². The van der Waals surface area contributed by atoms with E-state index in [-0.39, 0.29) is 53.4 Å². The Morgan fingerprint density at radius 2 is 1.67 bits per heavy atom. The van der Waals surface area contributed by atoms with Crippen LogP contribution in [0, 0.1) is 5.92 Å². The van der Waals surface area contributed by atoms with E-state index in [9.17, 15) is 22.8 Å². The van der Waals surface area contributed by atoms with E-state index in [1.807, 2.05) is 0 Å². The number of piperidine rings is 1. The van der Waals surface area contributed by atoms with E-state index in [1.165, 1.54) is 28.6 Å². The molecule has 33 heavy (non-hydrogen) atoms. The van der Waals surface area contributed by atoms with Gasteiger partial charge in [0.1, 0.15) is 0 Å². The van der Waals surface area contributed by atoms with Gasteiger partial charge in [-0.3, -0.25) is 4.79 Å². The number of sulfonamides is 1. The van der Waals surface area contributed by atoms with Crippen molar-refractivity contribution in [2.45, 2.75) is 31.6 Å². The van der Waals surface area contributed by atoms with E-state index in [2.05, 4.69) is 14.9 Å². The zero-order chi connectivity index (χ0) is 24.0. The fourth-order valence-corrected chi connectivity index (χ4v) is 5.34. The number of carbonyl (C=O) groups is 3. The van der Waals surface area contributed by atoms with Gasteiger partial charge in [0.15, 0.2) is 5.00 Å². The van der Waals surface area contributed by atoms with E-state index in [4.69, 9.17) is 9.47 Å². The molecule has 0 radical (unpaired) electrons. The lowest BCUT2D eigenvalue weighted by molar-refractivity contribution is -0.120. The molecule has 2 heterocycles. The van der Waals surface area contributed by atoms with Crippen LogP contribution in [0.3, 0.4) is 0 Å².